The number of ether oxygens (including phenoxy) is 2. The summed E-state index contributed by atoms with van der Waals surface area (Å²) < 4.78 is 10.7. The van der Waals surface area contributed by atoms with Crippen LogP contribution < -0.4 is 25.0 Å². The smallest absolute Gasteiger partial charge is 0.255 e. The van der Waals surface area contributed by atoms with Gasteiger partial charge in [-0.1, -0.05) is 17.7 Å². The van der Waals surface area contributed by atoms with Crippen LogP contribution in [0.2, 0.25) is 5.02 Å². The fraction of sp³-hybridized carbons (Fsp3) is 0.323. The molecule has 3 amide bonds. The highest BCUT2D eigenvalue weighted by Crippen LogP contribution is 2.32. The molecule has 3 aromatic carbocycles. The first-order chi connectivity index (χ1) is 20.4. The highest BCUT2D eigenvalue weighted by Gasteiger charge is 2.26. The van der Waals surface area contributed by atoms with Crippen LogP contribution in [-0.2, 0) is 0 Å². The Bertz CT molecular complexity index is 1470. The molecule has 0 unspecified atom stereocenters. The van der Waals surface area contributed by atoms with Gasteiger partial charge in [0.05, 0.1) is 25.6 Å². The van der Waals surface area contributed by atoms with Gasteiger partial charge in [-0.2, -0.15) is 0 Å². The van der Waals surface area contributed by atoms with E-state index >= 15 is 0 Å². The summed E-state index contributed by atoms with van der Waals surface area (Å²) in [5.74, 6) is 0.452. The summed E-state index contributed by atoms with van der Waals surface area (Å²) in [5.41, 5.74) is 2.72. The minimum atomic E-state index is -0.348. The Kier molecular flexibility index (Phi) is 9.14. The quantitative estimate of drug-likeness (QED) is 0.433. The number of halogens is 1. The van der Waals surface area contributed by atoms with E-state index in [0.717, 1.165) is 18.8 Å². The number of rotatable bonds is 7. The molecular weight excluding hydrogens is 558 g/mol. The van der Waals surface area contributed by atoms with Gasteiger partial charge in [-0.25, -0.2) is 0 Å². The van der Waals surface area contributed by atoms with E-state index < -0.39 is 0 Å². The molecule has 11 heteroatoms. The highest BCUT2D eigenvalue weighted by atomic mass is 35.5. The number of carbonyl (C=O) groups excluding carboxylic acids is 3. The van der Waals surface area contributed by atoms with E-state index in [9.17, 15) is 14.4 Å². The summed E-state index contributed by atoms with van der Waals surface area (Å²) in [4.78, 5) is 45.5. The van der Waals surface area contributed by atoms with Crippen molar-refractivity contribution in [2.45, 2.75) is 0 Å². The van der Waals surface area contributed by atoms with E-state index in [1.807, 2.05) is 11.0 Å². The van der Waals surface area contributed by atoms with E-state index in [2.05, 4.69) is 15.5 Å². The van der Waals surface area contributed by atoms with E-state index in [1.54, 1.807) is 59.5 Å². The second kappa shape index (κ2) is 13.1. The molecule has 0 bridgehead atoms. The standard InChI is InChI=1S/C31H34ClN5O5/c1-41-27-9-7-21(20-28(27)42-2)29(38)34-25-19-23(31(40)36-12-10-33-11-13-36)6-8-26(25)35-14-16-37(17-15-35)30(39)22-4-3-5-24(32)18-22/h3-9,18-20,33H,10-17H2,1-2H3,(H,34,38). The van der Waals surface area contributed by atoms with Crippen LogP contribution >= 0.6 is 11.6 Å². The van der Waals surface area contributed by atoms with Crippen molar-refractivity contribution in [1.29, 1.82) is 0 Å². The lowest BCUT2D eigenvalue weighted by Gasteiger charge is -2.37. The van der Waals surface area contributed by atoms with Crippen LogP contribution in [0.3, 0.4) is 0 Å². The Morgan fingerprint density at radius 1 is 0.738 bits per heavy atom. The minimum Gasteiger partial charge on any atom is -0.493 e. The fourth-order valence-corrected chi connectivity index (χ4v) is 5.41. The van der Waals surface area contributed by atoms with Crippen molar-refractivity contribution < 1.29 is 23.9 Å². The van der Waals surface area contributed by atoms with Gasteiger partial charge < -0.3 is 34.8 Å². The third kappa shape index (κ3) is 6.45. The fourth-order valence-electron chi connectivity index (χ4n) is 5.22. The van der Waals surface area contributed by atoms with Crippen LogP contribution in [-0.4, -0.2) is 94.1 Å². The van der Waals surface area contributed by atoms with Gasteiger partial charge in [0.1, 0.15) is 0 Å². The third-order valence-corrected chi connectivity index (χ3v) is 7.76. The van der Waals surface area contributed by atoms with Crippen molar-refractivity contribution in [3.8, 4) is 11.5 Å². The minimum absolute atomic E-state index is 0.0731. The lowest BCUT2D eigenvalue weighted by Crippen LogP contribution is -2.49. The first-order valence-electron chi connectivity index (χ1n) is 13.8. The van der Waals surface area contributed by atoms with Crippen LogP contribution in [0.15, 0.2) is 60.7 Å². The van der Waals surface area contributed by atoms with Gasteiger partial charge >= 0.3 is 0 Å². The first-order valence-corrected chi connectivity index (χ1v) is 14.2. The van der Waals surface area contributed by atoms with Crippen molar-refractivity contribution in [1.82, 2.24) is 15.1 Å². The highest BCUT2D eigenvalue weighted by molar-refractivity contribution is 6.31. The molecule has 0 radical (unpaired) electrons. The molecule has 42 heavy (non-hydrogen) atoms. The Balaban J connectivity index is 1.38. The SMILES string of the molecule is COc1ccc(C(=O)Nc2cc(C(=O)N3CCNCC3)ccc2N2CCN(C(=O)c3cccc(Cl)c3)CC2)cc1OC. The van der Waals surface area contributed by atoms with Crippen LogP contribution in [0.4, 0.5) is 11.4 Å². The normalized spacial score (nSPS) is 15.3. The molecule has 0 saturated carbocycles. The second-order valence-electron chi connectivity index (χ2n) is 10.1. The molecule has 0 aliphatic carbocycles. The van der Waals surface area contributed by atoms with Crippen LogP contribution in [0, 0.1) is 0 Å². The summed E-state index contributed by atoms with van der Waals surface area (Å²) in [6.07, 6.45) is 0. The Morgan fingerprint density at radius 3 is 2.05 bits per heavy atom. The molecule has 2 aliphatic rings. The predicted octanol–water partition coefficient (Wildman–Crippen LogP) is 3.62. The zero-order chi connectivity index (χ0) is 29.6. The van der Waals surface area contributed by atoms with E-state index in [1.165, 1.54) is 14.2 Å². The number of amides is 3. The van der Waals surface area contributed by atoms with Crippen molar-refractivity contribution in [3.63, 3.8) is 0 Å². The van der Waals surface area contributed by atoms with Crippen molar-refractivity contribution >= 4 is 40.7 Å². The van der Waals surface area contributed by atoms with Crippen molar-refractivity contribution in [3.05, 3.63) is 82.4 Å². The topological polar surface area (TPSA) is 103 Å². The lowest BCUT2D eigenvalue weighted by molar-refractivity contribution is 0.0731. The molecule has 3 aromatic rings. The molecule has 2 N–H and O–H groups in total. The Hall–Kier alpha value is -4.28. The number of carbonyl (C=O) groups is 3. The predicted molar refractivity (Wildman–Crippen MR) is 162 cm³/mol. The molecule has 220 valence electrons. The summed E-state index contributed by atoms with van der Waals surface area (Å²) in [7, 11) is 3.05. The van der Waals surface area contributed by atoms with Crippen molar-refractivity contribution in [2.24, 2.45) is 0 Å². The van der Waals surface area contributed by atoms with Gasteiger partial charge in [-0.15, -0.1) is 0 Å². The van der Waals surface area contributed by atoms with E-state index in [4.69, 9.17) is 21.1 Å². The number of hydrogen-bond acceptors (Lipinski definition) is 7. The van der Waals surface area contributed by atoms with E-state index in [0.29, 0.717) is 78.2 Å². The van der Waals surface area contributed by atoms with Gasteiger partial charge in [0.15, 0.2) is 11.5 Å². The number of piperazine rings is 2. The van der Waals surface area contributed by atoms with Gasteiger partial charge in [0, 0.05) is 74.1 Å². The van der Waals surface area contributed by atoms with Crippen molar-refractivity contribution in [2.75, 3.05) is 76.8 Å². The molecule has 2 heterocycles. The number of hydrogen-bond donors (Lipinski definition) is 2. The molecule has 0 atom stereocenters. The van der Waals surface area contributed by atoms with Crippen LogP contribution in [0.5, 0.6) is 11.5 Å². The molecule has 0 aromatic heterocycles. The molecule has 2 aliphatic heterocycles. The molecule has 10 nitrogen and oxygen atoms in total. The maximum atomic E-state index is 13.4. The van der Waals surface area contributed by atoms with Crippen LogP contribution in [0.25, 0.3) is 0 Å². The zero-order valence-electron chi connectivity index (χ0n) is 23.7. The molecule has 2 saturated heterocycles. The largest absolute Gasteiger partial charge is 0.493 e. The molecule has 0 spiro atoms. The summed E-state index contributed by atoms with van der Waals surface area (Å²) >= 11 is 6.09. The van der Waals surface area contributed by atoms with Gasteiger partial charge in [-0.05, 0) is 54.6 Å². The maximum Gasteiger partial charge on any atom is 0.255 e. The lowest BCUT2D eigenvalue weighted by atomic mass is 10.1. The Labute approximate surface area is 250 Å². The monoisotopic (exact) mass is 591 g/mol. The Morgan fingerprint density at radius 2 is 1.38 bits per heavy atom. The number of benzene rings is 3. The van der Waals surface area contributed by atoms with Gasteiger partial charge in [0.2, 0.25) is 0 Å². The van der Waals surface area contributed by atoms with Crippen LogP contribution in [0.1, 0.15) is 31.1 Å². The molecular formula is C31H34ClN5O5. The number of methoxy groups -OCH3 is 2. The molecule has 5 rings (SSSR count). The second-order valence-corrected chi connectivity index (χ2v) is 10.5. The number of anilines is 2. The average molecular weight is 592 g/mol. The van der Waals surface area contributed by atoms with Gasteiger partial charge in [0.25, 0.3) is 17.7 Å². The summed E-state index contributed by atoms with van der Waals surface area (Å²) in [6, 6.07) is 17.3. The first kappa shape index (κ1) is 29.2. The summed E-state index contributed by atoms with van der Waals surface area (Å²) in [5, 5.41) is 6.80. The average Bonchev–Trinajstić information content (AvgIpc) is 3.04. The third-order valence-electron chi connectivity index (χ3n) is 7.52. The van der Waals surface area contributed by atoms with E-state index in [-0.39, 0.29) is 17.7 Å². The van der Waals surface area contributed by atoms with Gasteiger partial charge in [-0.3, -0.25) is 14.4 Å². The summed E-state index contributed by atoms with van der Waals surface area (Å²) in [6.45, 7) is 4.82. The zero-order valence-corrected chi connectivity index (χ0v) is 24.4. The molecule has 2 fully saturated rings. The number of nitrogens with one attached hydrogen (secondary N) is 2. The maximum absolute atomic E-state index is 13.4. The number of nitrogens with zero attached hydrogens (tertiary/aromatic N) is 3.